The molecule has 120 valence electrons. The number of nitrogens with two attached hydrogens (primary N) is 1. The number of benzene rings is 1. The van der Waals surface area contributed by atoms with Crippen molar-refractivity contribution in [2.75, 3.05) is 23.7 Å². The lowest BCUT2D eigenvalue weighted by molar-refractivity contribution is 0.100. The van der Waals surface area contributed by atoms with Crippen molar-refractivity contribution in [2.45, 2.75) is 11.3 Å². The number of amides is 1. The average Bonchev–Trinajstić information content (AvgIpc) is 3.02. The van der Waals surface area contributed by atoms with Gasteiger partial charge >= 0.3 is 0 Å². The molecule has 1 amide bonds. The van der Waals surface area contributed by atoms with Crippen molar-refractivity contribution >= 4 is 35.1 Å². The maximum atomic E-state index is 11.6. The second-order valence-electron chi connectivity index (χ2n) is 5.49. The van der Waals surface area contributed by atoms with Crippen LogP contribution < -0.4 is 10.6 Å². The molecule has 1 aromatic heterocycles. The van der Waals surface area contributed by atoms with Crippen molar-refractivity contribution in [3.8, 4) is 0 Å². The van der Waals surface area contributed by atoms with Crippen LogP contribution in [0.5, 0.6) is 0 Å². The number of halogens is 1. The van der Waals surface area contributed by atoms with Crippen molar-refractivity contribution in [3.05, 3.63) is 47.1 Å². The molecule has 7 heteroatoms. The Hall–Kier alpha value is -1.79. The minimum absolute atomic E-state index is 0.179. The summed E-state index contributed by atoms with van der Waals surface area (Å²) in [5.41, 5.74) is 5.76. The number of hydrogen-bond donors (Lipinski definition) is 1. The van der Waals surface area contributed by atoms with Gasteiger partial charge in [0, 0.05) is 23.7 Å². The third-order valence-corrected chi connectivity index (χ3v) is 5.25. The number of primary amides is 1. The van der Waals surface area contributed by atoms with Crippen LogP contribution in [0.4, 0.5) is 5.82 Å². The largest absolute Gasteiger partial charge is 0.365 e. The van der Waals surface area contributed by atoms with Crippen LogP contribution >= 0.6 is 23.4 Å². The van der Waals surface area contributed by atoms with Crippen LogP contribution in [0.3, 0.4) is 0 Å². The van der Waals surface area contributed by atoms with Crippen molar-refractivity contribution in [1.82, 2.24) is 10.2 Å². The monoisotopic (exact) mass is 348 g/mol. The molecule has 1 fully saturated rings. The van der Waals surface area contributed by atoms with E-state index in [1.807, 2.05) is 30.0 Å². The maximum absolute atomic E-state index is 11.6. The summed E-state index contributed by atoms with van der Waals surface area (Å²) >= 11 is 7.66. The molecule has 1 aliphatic rings. The van der Waals surface area contributed by atoms with E-state index in [0.29, 0.717) is 17.3 Å². The first-order chi connectivity index (χ1) is 11.1. The zero-order chi connectivity index (χ0) is 16.2. The first-order valence-corrected chi connectivity index (χ1v) is 8.75. The summed E-state index contributed by atoms with van der Waals surface area (Å²) in [6.07, 6.45) is 1.06. The SMILES string of the molecule is NC(=O)c1cc(Cl)nnc1N1CCC(CSc2ccccc2)C1. The molecule has 0 spiro atoms. The lowest BCUT2D eigenvalue weighted by atomic mass is 10.2. The Morgan fingerprint density at radius 2 is 2.13 bits per heavy atom. The van der Waals surface area contributed by atoms with Crippen LogP contribution in [0.15, 0.2) is 41.3 Å². The van der Waals surface area contributed by atoms with E-state index >= 15 is 0 Å². The maximum Gasteiger partial charge on any atom is 0.252 e. The Morgan fingerprint density at radius 1 is 1.35 bits per heavy atom. The highest BCUT2D eigenvalue weighted by Crippen LogP contribution is 2.29. The van der Waals surface area contributed by atoms with Gasteiger partial charge in [0.25, 0.3) is 5.91 Å². The molecular weight excluding hydrogens is 332 g/mol. The van der Waals surface area contributed by atoms with E-state index in [1.54, 1.807) is 0 Å². The lowest BCUT2D eigenvalue weighted by Gasteiger charge is -2.19. The average molecular weight is 349 g/mol. The van der Waals surface area contributed by atoms with Crippen molar-refractivity contribution < 1.29 is 4.79 Å². The number of rotatable bonds is 5. The molecule has 23 heavy (non-hydrogen) atoms. The van der Waals surface area contributed by atoms with Crippen molar-refractivity contribution in [3.63, 3.8) is 0 Å². The zero-order valence-electron chi connectivity index (χ0n) is 12.5. The molecule has 3 rings (SSSR count). The fourth-order valence-corrected chi connectivity index (χ4v) is 3.87. The van der Waals surface area contributed by atoms with E-state index in [9.17, 15) is 4.79 Å². The molecule has 0 saturated carbocycles. The van der Waals surface area contributed by atoms with Crippen LogP contribution in [0, 0.1) is 5.92 Å². The second-order valence-corrected chi connectivity index (χ2v) is 6.97. The Kier molecular flexibility index (Phi) is 5.03. The fourth-order valence-electron chi connectivity index (χ4n) is 2.67. The number of thioether (sulfide) groups is 1. The van der Waals surface area contributed by atoms with Crippen LogP contribution in [-0.4, -0.2) is 34.9 Å². The Bertz CT molecular complexity index is 698. The highest BCUT2D eigenvalue weighted by molar-refractivity contribution is 7.99. The molecule has 1 saturated heterocycles. The molecule has 2 N–H and O–H groups in total. The third kappa shape index (κ3) is 3.95. The van der Waals surface area contributed by atoms with Crippen LogP contribution in [0.1, 0.15) is 16.8 Å². The molecule has 2 aromatic rings. The van der Waals surface area contributed by atoms with Gasteiger partial charge in [0.1, 0.15) is 0 Å². The number of aromatic nitrogens is 2. The van der Waals surface area contributed by atoms with E-state index in [2.05, 4.69) is 27.2 Å². The predicted molar refractivity (Wildman–Crippen MR) is 93.0 cm³/mol. The molecule has 0 bridgehead atoms. The van der Waals surface area contributed by atoms with Gasteiger partial charge in [0.15, 0.2) is 11.0 Å². The number of anilines is 1. The van der Waals surface area contributed by atoms with Gasteiger partial charge in [0.2, 0.25) is 0 Å². The van der Waals surface area contributed by atoms with Crippen LogP contribution in [0.2, 0.25) is 5.15 Å². The summed E-state index contributed by atoms with van der Waals surface area (Å²) in [5.74, 6) is 1.58. The van der Waals surface area contributed by atoms with Gasteiger partial charge in [-0.05, 0) is 30.5 Å². The summed E-state index contributed by atoms with van der Waals surface area (Å²) < 4.78 is 0. The Morgan fingerprint density at radius 3 is 2.87 bits per heavy atom. The van der Waals surface area contributed by atoms with E-state index < -0.39 is 5.91 Å². The van der Waals surface area contributed by atoms with Crippen LogP contribution in [0.25, 0.3) is 0 Å². The molecule has 1 atom stereocenters. The number of nitrogens with zero attached hydrogens (tertiary/aromatic N) is 3. The Balaban J connectivity index is 1.65. The van der Waals surface area contributed by atoms with Gasteiger partial charge in [-0.2, -0.15) is 0 Å². The highest BCUT2D eigenvalue weighted by Gasteiger charge is 2.27. The van der Waals surface area contributed by atoms with E-state index in [-0.39, 0.29) is 5.15 Å². The fraction of sp³-hybridized carbons (Fsp3) is 0.312. The number of carbonyl (C=O) groups is 1. The minimum Gasteiger partial charge on any atom is -0.365 e. The molecule has 2 heterocycles. The highest BCUT2D eigenvalue weighted by atomic mass is 35.5. The first-order valence-electron chi connectivity index (χ1n) is 7.39. The quantitative estimate of drug-likeness (QED) is 0.841. The smallest absolute Gasteiger partial charge is 0.252 e. The number of carbonyl (C=O) groups excluding carboxylic acids is 1. The summed E-state index contributed by atoms with van der Waals surface area (Å²) in [4.78, 5) is 14.9. The minimum atomic E-state index is -0.529. The third-order valence-electron chi connectivity index (χ3n) is 3.82. The van der Waals surface area contributed by atoms with Crippen molar-refractivity contribution in [1.29, 1.82) is 0 Å². The summed E-state index contributed by atoms with van der Waals surface area (Å²) in [7, 11) is 0. The predicted octanol–water partition coefficient (Wildman–Crippen LogP) is 2.85. The summed E-state index contributed by atoms with van der Waals surface area (Å²) in [6.45, 7) is 1.69. The second kappa shape index (κ2) is 7.19. The molecule has 5 nitrogen and oxygen atoms in total. The van der Waals surface area contributed by atoms with E-state index in [4.69, 9.17) is 17.3 Å². The summed E-state index contributed by atoms with van der Waals surface area (Å²) in [5, 5.41) is 8.10. The summed E-state index contributed by atoms with van der Waals surface area (Å²) in [6, 6.07) is 11.8. The van der Waals surface area contributed by atoms with Gasteiger partial charge in [0.05, 0.1) is 5.56 Å². The van der Waals surface area contributed by atoms with Gasteiger partial charge in [-0.3, -0.25) is 4.79 Å². The molecule has 1 aromatic carbocycles. The normalized spacial score (nSPS) is 17.4. The molecular formula is C16H17ClN4OS. The molecule has 1 unspecified atom stereocenters. The zero-order valence-corrected chi connectivity index (χ0v) is 14.1. The molecule has 0 radical (unpaired) electrons. The van der Waals surface area contributed by atoms with Crippen molar-refractivity contribution in [2.24, 2.45) is 11.7 Å². The molecule has 0 aliphatic carbocycles. The van der Waals surface area contributed by atoms with Gasteiger partial charge in [-0.25, -0.2) is 0 Å². The first kappa shape index (κ1) is 16.1. The van der Waals surface area contributed by atoms with E-state index in [1.165, 1.54) is 11.0 Å². The lowest BCUT2D eigenvalue weighted by Crippen LogP contribution is -2.26. The van der Waals surface area contributed by atoms with Gasteiger partial charge < -0.3 is 10.6 Å². The topological polar surface area (TPSA) is 72.1 Å². The molecule has 1 aliphatic heterocycles. The van der Waals surface area contributed by atoms with Crippen LogP contribution in [-0.2, 0) is 0 Å². The standard InChI is InChI=1S/C16H17ClN4OS/c17-14-8-13(15(18)22)16(20-19-14)21-7-6-11(9-21)10-23-12-4-2-1-3-5-12/h1-5,8,11H,6-7,9-10H2,(H2,18,22). The Labute approximate surface area is 144 Å². The van der Waals surface area contributed by atoms with Gasteiger partial charge in [-0.1, -0.05) is 29.8 Å². The number of hydrogen-bond acceptors (Lipinski definition) is 5. The van der Waals surface area contributed by atoms with Gasteiger partial charge in [-0.15, -0.1) is 22.0 Å². The van der Waals surface area contributed by atoms with E-state index in [0.717, 1.165) is 25.3 Å².